The fourth-order valence-corrected chi connectivity index (χ4v) is 3.12. The lowest BCUT2D eigenvalue weighted by Gasteiger charge is -2.36. The van der Waals surface area contributed by atoms with Crippen LogP contribution >= 0.6 is 11.6 Å². The lowest BCUT2D eigenvalue weighted by Crippen LogP contribution is -2.39. The zero-order valence-corrected chi connectivity index (χ0v) is 12.4. The third-order valence-electron chi connectivity index (χ3n) is 4.09. The van der Waals surface area contributed by atoms with Crippen LogP contribution in [0.4, 0.5) is 5.69 Å². The summed E-state index contributed by atoms with van der Waals surface area (Å²) in [6.07, 6.45) is 3.92. The summed E-state index contributed by atoms with van der Waals surface area (Å²) in [6, 6.07) is 6.06. The molecule has 1 spiro atoms. The molecule has 1 aliphatic heterocycles. The van der Waals surface area contributed by atoms with Crippen LogP contribution < -0.4 is 10.1 Å². The van der Waals surface area contributed by atoms with E-state index in [1.807, 2.05) is 18.2 Å². The number of halogens is 1. The Morgan fingerprint density at radius 1 is 1.25 bits per heavy atom. The minimum Gasteiger partial charge on any atom is -0.497 e. The molecule has 0 radical (unpaired) electrons. The largest absolute Gasteiger partial charge is 0.497 e. The molecule has 4 nitrogen and oxygen atoms in total. The average Bonchev–Trinajstić information content (AvgIpc) is 2.92. The highest BCUT2D eigenvalue weighted by atomic mass is 35.5. The van der Waals surface area contributed by atoms with Gasteiger partial charge in [0, 0.05) is 24.9 Å². The van der Waals surface area contributed by atoms with E-state index in [0.717, 1.165) is 55.4 Å². The number of rotatable bonds is 3. The predicted molar refractivity (Wildman–Crippen MR) is 78.5 cm³/mol. The van der Waals surface area contributed by atoms with E-state index in [0.29, 0.717) is 6.04 Å². The molecule has 0 unspecified atom stereocenters. The van der Waals surface area contributed by atoms with Gasteiger partial charge in [-0.1, -0.05) is 11.6 Å². The van der Waals surface area contributed by atoms with E-state index < -0.39 is 0 Å². The average molecular weight is 298 g/mol. The molecular formula is C15H20ClNO3. The maximum atomic E-state index is 6.23. The van der Waals surface area contributed by atoms with Crippen molar-refractivity contribution in [3.63, 3.8) is 0 Å². The Labute approximate surface area is 124 Å². The highest BCUT2D eigenvalue weighted by molar-refractivity contribution is 6.33. The zero-order valence-electron chi connectivity index (χ0n) is 11.7. The molecule has 1 aliphatic carbocycles. The van der Waals surface area contributed by atoms with Gasteiger partial charge >= 0.3 is 0 Å². The Balaban J connectivity index is 1.62. The molecule has 1 aromatic carbocycles. The maximum Gasteiger partial charge on any atom is 0.168 e. The maximum absolute atomic E-state index is 6.23. The first kappa shape index (κ1) is 14.0. The molecule has 5 heteroatoms. The number of ether oxygens (including phenoxy) is 3. The Morgan fingerprint density at radius 2 is 1.95 bits per heavy atom. The number of nitrogens with one attached hydrogen (secondary N) is 1. The molecule has 0 aromatic heterocycles. The van der Waals surface area contributed by atoms with E-state index in [4.69, 9.17) is 25.8 Å². The van der Waals surface area contributed by atoms with E-state index in [9.17, 15) is 0 Å². The third kappa shape index (κ3) is 2.87. The van der Waals surface area contributed by atoms with Gasteiger partial charge in [0.05, 0.1) is 31.0 Å². The molecule has 1 saturated heterocycles. The quantitative estimate of drug-likeness (QED) is 0.927. The summed E-state index contributed by atoms with van der Waals surface area (Å²) >= 11 is 6.23. The predicted octanol–water partition coefficient (Wildman–Crippen LogP) is 3.45. The second-order valence-electron chi connectivity index (χ2n) is 5.37. The van der Waals surface area contributed by atoms with Crippen molar-refractivity contribution in [2.45, 2.75) is 37.5 Å². The summed E-state index contributed by atoms with van der Waals surface area (Å²) in [4.78, 5) is 0. The number of methoxy groups -OCH3 is 1. The lowest BCUT2D eigenvalue weighted by molar-refractivity contribution is -0.177. The molecule has 20 heavy (non-hydrogen) atoms. The molecule has 2 fully saturated rings. The van der Waals surface area contributed by atoms with E-state index in [-0.39, 0.29) is 5.79 Å². The summed E-state index contributed by atoms with van der Waals surface area (Å²) in [5, 5.41) is 4.23. The normalized spacial score (nSPS) is 22.1. The Kier molecular flexibility index (Phi) is 4.06. The van der Waals surface area contributed by atoms with Crippen molar-refractivity contribution in [2.24, 2.45) is 0 Å². The molecule has 1 heterocycles. The molecule has 1 N–H and O–H groups in total. The smallest absolute Gasteiger partial charge is 0.168 e. The summed E-state index contributed by atoms with van der Waals surface area (Å²) in [6.45, 7) is 1.44. The van der Waals surface area contributed by atoms with E-state index in [1.165, 1.54) is 0 Å². The lowest BCUT2D eigenvalue weighted by atomic mass is 9.90. The van der Waals surface area contributed by atoms with Gasteiger partial charge in [-0.2, -0.15) is 0 Å². The van der Waals surface area contributed by atoms with Crippen LogP contribution in [0, 0.1) is 0 Å². The van der Waals surface area contributed by atoms with Crippen LogP contribution in [0.1, 0.15) is 25.7 Å². The Bertz CT molecular complexity index is 464. The summed E-state index contributed by atoms with van der Waals surface area (Å²) < 4.78 is 16.7. The minimum atomic E-state index is -0.309. The number of benzene rings is 1. The SMILES string of the molecule is COc1ccc(Cl)c(NC2CCC3(CC2)OCCO3)c1. The third-order valence-corrected chi connectivity index (χ3v) is 4.42. The van der Waals surface area contributed by atoms with Crippen LogP contribution in [-0.4, -0.2) is 32.2 Å². The van der Waals surface area contributed by atoms with Crippen LogP contribution in [0.5, 0.6) is 5.75 Å². The van der Waals surface area contributed by atoms with Crippen molar-refractivity contribution < 1.29 is 14.2 Å². The second kappa shape index (κ2) is 5.80. The topological polar surface area (TPSA) is 39.7 Å². The van der Waals surface area contributed by atoms with Gasteiger partial charge in [0.25, 0.3) is 0 Å². The highest BCUT2D eigenvalue weighted by Crippen LogP contribution is 2.37. The molecule has 1 saturated carbocycles. The monoisotopic (exact) mass is 297 g/mol. The van der Waals surface area contributed by atoms with Gasteiger partial charge in [0.2, 0.25) is 0 Å². The second-order valence-corrected chi connectivity index (χ2v) is 5.78. The highest BCUT2D eigenvalue weighted by Gasteiger charge is 2.40. The van der Waals surface area contributed by atoms with Gasteiger partial charge in [0.1, 0.15) is 5.75 Å². The number of hydrogen-bond acceptors (Lipinski definition) is 4. The summed E-state index contributed by atoms with van der Waals surface area (Å²) in [5.74, 6) is 0.503. The molecule has 0 amide bonds. The van der Waals surface area contributed by atoms with Crippen LogP contribution in [0.25, 0.3) is 0 Å². The van der Waals surface area contributed by atoms with Crippen LogP contribution in [0.15, 0.2) is 18.2 Å². The number of anilines is 1. The Hall–Kier alpha value is -0.970. The summed E-state index contributed by atoms with van der Waals surface area (Å²) in [5.41, 5.74) is 0.931. The van der Waals surface area contributed by atoms with Gasteiger partial charge in [-0.3, -0.25) is 0 Å². The van der Waals surface area contributed by atoms with Gasteiger partial charge in [-0.15, -0.1) is 0 Å². The Morgan fingerprint density at radius 3 is 2.60 bits per heavy atom. The number of hydrogen-bond donors (Lipinski definition) is 1. The van der Waals surface area contributed by atoms with Crippen LogP contribution in [0.2, 0.25) is 5.02 Å². The van der Waals surface area contributed by atoms with Crippen molar-refractivity contribution in [1.29, 1.82) is 0 Å². The first-order chi connectivity index (χ1) is 9.71. The zero-order chi connectivity index (χ0) is 14.0. The fraction of sp³-hybridized carbons (Fsp3) is 0.600. The van der Waals surface area contributed by atoms with Crippen LogP contribution in [-0.2, 0) is 9.47 Å². The molecule has 110 valence electrons. The van der Waals surface area contributed by atoms with E-state index in [1.54, 1.807) is 7.11 Å². The van der Waals surface area contributed by atoms with Crippen molar-refractivity contribution in [3.05, 3.63) is 23.2 Å². The van der Waals surface area contributed by atoms with Gasteiger partial charge < -0.3 is 19.5 Å². The van der Waals surface area contributed by atoms with E-state index >= 15 is 0 Å². The molecular weight excluding hydrogens is 278 g/mol. The van der Waals surface area contributed by atoms with Crippen molar-refractivity contribution in [2.75, 3.05) is 25.6 Å². The van der Waals surface area contributed by atoms with Gasteiger partial charge in [0.15, 0.2) is 5.79 Å². The van der Waals surface area contributed by atoms with Crippen LogP contribution in [0.3, 0.4) is 0 Å². The minimum absolute atomic E-state index is 0.309. The fourth-order valence-electron chi connectivity index (χ4n) is 2.95. The van der Waals surface area contributed by atoms with Gasteiger partial charge in [-0.05, 0) is 25.0 Å². The van der Waals surface area contributed by atoms with Crippen molar-refractivity contribution in [1.82, 2.24) is 0 Å². The van der Waals surface area contributed by atoms with E-state index in [2.05, 4.69) is 5.32 Å². The van der Waals surface area contributed by atoms with Crippen molar-refractivity contribution >= 4 is 17.3 Å². The first-order valence-electron chi connectivity index (χ1n) is 7.09. The van der Waals surface area contributed by atoms with Crippen molar-refractivity contribution in [3.8, 4) is 5.75 Å². The molecule has 3 rings (SSSR count). The van der Waals surface area contributed by atoms with Gasteiger partial charge in [-0.25, -0.2) is 0 Å². The molecule has 1 aromatic rings. The molecule has 2 aliphatic rings. The first-order valence-corrected chi connectivity index (χ1v) is 7.47. The molecule has 0 bridgehead atoms. The molecule has 0 atom stereocenters. The summed E-state index contributed by atoms with van der Waals surface area (Å²) in [7, 11) is 1.66. The standard InChI is InChI=1S/C15H20ClNO3/c1-18-12-2-3-13(16)14(10-12)17-11-4-6-15(7-5-11)19-8-9-20-15/h2-3,10-11,17H,4-9H2,1H3.